The van der Waals surface area contributed by atoms with Crippen molar-refractivity contribution in [2.75, 3.05) is 7.11 Å². The molecule has 0 fully saturated rings. The van der Waals surface area contributed by atoms with Crippen LogP contribution in [-0.2, 0) is 0 Å². The van der Waals surface area contributed by atoms with Gasteiger partial charge in [-0.3, -0.25) is 0 Å². The molecule has 2 aromatic rings. The van der Waals surface area contributed by atoms with Crippen LogP contribution in [0.2, 0.25) is 0 Å². The first-order valence-electron chi connectivity index (χ1n) is 6.33. The Kier molecular flexibility index (Phi) is 4.82. The molecular formula is C15H19NO2S. The van der Waals surface area contributed by atoms with Gasteiger partial charge in [-0.25, -0.2) is 0 Å². The molecule has 2 N–H and O–H groups in total. The molecule has 2 unspecified atom stereocenters. The smallest absolute Gasteiger partial charge is 0.140 e. The molecule has 1 aromatic heterocycles. The highest BCUT2D eigenvalue weighted by Crippen LogP contribution is 2.28. The van der Waals surface area contributed by atoms with E-state index in [1.54, 1.807) is 18.4 Å². The van der Waals surface area contributed by atoms with Crippen LogP contribution in [0, 0.1) is 0 Å². The summed E-state index contributed by atoms with van der Waals surface area (Å²) in [6, 6.07) is 9.63. The van der Waals surface area contributed by atoms with E-state index in [4.69, 9.17) is 15.2 Å². The number of hydrogen-bond donors (Lipinski definition) is 1. The van der Waals surface area contributed by atoms with Crippen LogP contribution < -0.4 is 15.2 Å². The molecule has 2 atom stereocenters. The van der Waals surface area contributed by atoms with E-state index < -0.39 is 0 Å². The summed E-state index contributed by atoms with van der Waals surface area (Å²) in [5.41, 5.74) is 7.30. The third kappa shape index (κ3) is 3.49. The van der Waals surface area contributed by atoms with Gasteiger partial charge in [-0.05, 0) is 47.5 Å². The van der Waals surface area contributed by atoms with Crippen molar-refractivity contribution in [2.24, 2.45) is 5.73 Å². The van der Waals surface area contributed by atoms with Crippen LogP contribution in [-0.4, -0.2) is 13.2 Å². The van der Waals surface area contributed by atoms with E-state index in [9.17, 15) is 0 Å². The predicted molar refractivity (Wildman–Crippen MR) is 78.9 cm³/mol. The summed E-state index contributed by atoms with van der Waals surface area (Å²) < 4.78 is 11.2. The maximum absolute atomic E-state index is 6.17. The first-order chi connectivity index (χ1) is 9.24. The van der Waals surface area contributed by atoms with Crippen molar-refractivity contribution < 1.29 is 9.47 Å². The van der Waals surface area contributed by atoms with Crippen molar-refractivity contribution >= 4 is 11.3 Å². The van der Waals surface area contributed by atoms with E-state index >= 15 is 0 Å². The molecule has 1 aromatic carbocycles. The van der Waals surface area contributed by atoms with Gasteiger partial charge in [0, 0.05) is 11.6 Å². The van der Waals surface area contributed by atoms with Crippen molar-refractivity contribution in [3.05, 3.63) is 46.7 Å². The Morgan fingerprint density at radius 2 is 1.84 bits per heavy atom. The van der Waals surface area contributed by atoms with Crippen LogP contribution in [0.3, 0.4) is 0 Å². The fourth-order valence-corrected chi connectivity index (χ4v) is 2.54. The Hall–Kier alpha value is -1.52. The van der Waals surface area contributed by atoms with E-state index in [-0.39, 0.29) is 12.1 Å². The second kappa shape index (κ2) is 6.59. The highest BCUT2D eigenvalue weighted by molar-refractivity contribution is 7.07. The molecule has 4 heteroatoms. The first-order valence-corrected chi connectivity index (χ1v) is 7.27. The van der Waals surface area contributed by atoms with Crippen LogP contribution in [0.15, 0.2) is 41.1 Å². The van der Waals surface area contributed by atoms with Gasteiger partial charge in [0.15, 0.2) is 0 Å². The minimum Gasteiger partial charge on any atom is -0.497 e. The number of thiophene rings is 1. The molecule has 0 saturated heterocycles. The van der Waals surface area contributed by atoms with Crippen LogP contribution in [0.5, 0.6) is 11.5 Å². The van der Waals surface area contributed by atoms with Gasteiger partial charge in [-0.15, -0.1) is 0 Å². The van der Waals surface area contributed by atoms with Crippen molar-refractivity contribution in [3.63, 3.8) is 0 Å². The average Bonchev–Trinajstić information content (AvgIpc) is 2.98. The normalized spacial score (nSPS) is 13.8. The van der Waals surface area contributed by atoms with Crippen LogP contribution in [0.1, 0.15) is 25.0 Å². The van der Waals surface area contributed by atoms with Crippen molar-refractivity contribution in [3.8, 4) is 11.5 Å². The molecule has 3 nitrogen and oxygen atoms in total. The molecule has 1 heterocycles. The predicted octanol–water partition coefficient (Wildman–Crippen LogP) is 3.61. The van der Waals surface area contributed by atoms with Crippen molar-refractivity contribution in [1.29, 1.82) is 0 Å². The lowest BCUT2D eigenvalue weighted by Gasteiger charge is -2.23. The Morgan fingerprint density at radius 1 is 1.16 bits per heavy atom. The van der Waals surface area contributed by atoms with E-state index in [1.807, 2.05) is 29.6 Å². The molecular weight excluding hydrogens is 258 g/mol. The molecule has 0 amide bonds. The summed E-state index contributed by atoms with van der Waals surface area (Å²) in [5.74, 6) is 1.63. The second-order valence-electron chi connectivity index (χ2n) is 4.34. The topological polar surface area (TPSA) is 44.5 Å². The number of rotatable bonds is 6. The SMILES string of the molecule is CCC(N)C(Oc1ccc(OC)cc1)c1ccsc1. The number of methoxy groups -OCH3 is 1. The third-order valence-corrected chi connectivity index (χ3v) is 3.76. The van der Waals surface area contributed by atoms with Crippen molar-refractivity contribution in [1.82, 2.24) is 0 Å². The quantitative estimate of drug-likeness (QED) is 0.877. The second-order valence-corrected chi connectivity index (χ2v) is 5.12. The van der Waals surface area contributed by atoms with Crippen LogP contribution in [0.4, 0.5) is 0 Å². The highest BCUT2D eigenvalue weighted by atomic mass is 32.1. The van der Waals surface area contributed by atoms with Gasteiger partial charge < -0.3 is 15.2 Å². The first kappa shape index (κ1) is 13.9. The molecule has 0 bridgehead atoms. The largest absolute Gasteiger partial charge is 0.497 e. The van der Waals surface area contributed by atoms with Crippen molar-refractivity contribution in [2.45, 2.75) is 25.5 Å². The summed E-state index contributed by atoms with van der Waals surface area (Å²) in [6.07, 6.45) is 0.765. The fraction of sp³-hybridized carbons (Fsp3) is 0.333. The maximum atomic E-state index is 6.17. The summed E-state index contributed by atoms with van der Waals surface area (Å²) in [5, 5.41) is 4.13. The van der Waals surface area contributed by atoms with E-state index in [0.717, 1.165) is 23.5 Å². The number of ether oxygens (including phenoxy) is 2. The highest BCUT2D eigenvalue weighted by Gasteiger charge is 2.20. The molecule has 0 aliphatic carbocycles. The Balaban J connectivity index is 2.15. The molecule has 0 saturated carbocycles. The monoisotopic (exact) mass is 277 g/mol. The number of benzene rings is 1. The summed E-state index contributed by atoms with van der Waals surface area (Å²) in [4.78, 5) is 0. The lowest BCUT2D eigenvalue weighted by molar-refractivity contribution is 0.171. The third-order valence-electron chi connectivity index (χ3n) is 3.05. The lowest BCUT2D eigenvalue weighted by Crippen LogP contribution is -2.31. The van der Waals surface area contributed by atoms with Gasteiger partial charge in [0.05, 0.1) is 7.11 Å². The van der Waals surface area contributed by atoms with Gasteiger partial charge in [-0.1, -0.05) is 6.92 Å². The van der Waals surface area contributed by atoms with Gasteiger partial charge in [0.1, 0.15) is 17.6 Å². The summed E-state index contributed by atoms with van der Waals surface area (Å²) in [7, 11) is 1.65. The van der Waals surface area contributed by atoms with Crippen LogP contribution >= 0.6 is 11.3 Å². The zero-order valence-corrected chi connectivity index (χ0v) is 12.0. The van der Waals surface area contributed by atoms with Gasteiger partial charge in [0.2, 0.25) is 0 Å². The molecule has 19 heavy (non-hydrogen) atoms. The number of hydrogen-bond acceptors (Lipinski definition) is 4. The van der Waals surface area contributed by atoms with Gasteiger partial charge in [-0.2, -0.15) is 11.3 Å². The molecule has 0 aliphatic rings. The van der Waals surface area contributed by atoms with Gasteiger partial charge >= 0.3 is 0 Å². The minimum absolute atomic E-state index is 0.0169. The zero-order chi connectivity index (χ0) is 13.7. The Labute approximate surface area is 118 Å². The molecule has 0 aliphatic heterocycles. The van der Waals surface area contributed by atoms with E-state index in [0.29, 0.717) is 0 Å². The maximum Gasteiger partial charge on any atom is 0.140 e. The molecule has 0 spiro atoms. The molecule has 2 rings (SSSR count). The van der Waals surface area contributed by atoms with Crippen LogP contribution in [0.25, 0.3) is 0 Å². The fourth-order valence-electron chi connectivity index (χ4n) is 1.85. The van der Waals surface area contributed by atoms with E-state index in [1.165, 1.54) is 0 Å². The standard InChI is InChI=1S/C15H19NO2S/c1-3-14(16)15(11-8-9-19-10-11)18-13-6-4-12(17-2)5-7-13/h4-10,14-15H,3,16H2,1-2H3. The Morgan fingerprint density at radius 3 is 2.37 bits per heavy atom. The lowest BCUT2D eigenvalue weighted by atomic mass is 10.0. The Bertz CT molecular complexity index is 481. The summed E-state index contributed by atoms with van der Waals surface area (Å²) in [6.45, 7) is 2.07. The summed E-state index contributed by atoms with van der Waals surface area (Å²) >= 11 is 1.66. The molecule has 0 radical (unpaired) electrons. The number of nitrogens with two attached hydrogens (primary N) is 1. The van der Waals surface area contributed by atoms with Gasteiger partial charge in [0.25, 0.3) is 0 Å². The van der Waals surface area contributed by atoms with E-state index in [2.05, 4.69) is 18.4 Å². The average molecular weight is 277 g/mol. The minimum atomic E-state index is -0.107. The zero-order valence-electron chi connectivity index (χ0n) is 11.2. The molecule has 102 valence electrons.